The Morgan fingerprint density at radius 1 is 1.16 bits per heavy atom. The number of nitrogens with zero attached hydrogens (tertiary/aromatic N) is 1. The molecule has 2 aliphatic carbocycles. The molecule has 0 bridgehead atoms. The largest absolute Gasteiger partial charge is 0.393 e. The minimum atomic E-state index is -0.0715. The van der Waals surface area contributed by atoms with Crippen LogP contribution in [0.5, 0.6) is 0 Å². The van der Waals surface area contributed by atoms with E-state index in [-0.39, 0.29) is 6.10 Å². The topological polar surface area (TPSA) is 23.5 Å². The predicted octanol–water partition coefficient (Wildman–Crippen LogP) is 3.68. The summed E-state index contributed by atoms with van der Waals surface area (Å²) in [7, 11) is 2.29. The first-order chi connectivity index (χ1) is 8.94. The van der Waals surface area contributed by atoms with Crippen molar-refractivity contribution < 1.29 is 5.11 Å². The Morgan fingerprint density at radius 2 is 1.84 bits per heavy atom. The van der Waals surface area contributed by atoms with Gasteiger partial charge in [0.2, 0.25) is 0 Å². The van der Waals surface area contributed by atoms with Crippen molar-refractivity contribution in [3.8, 4) is 0 Å². The molecule has 2 rings (SSSR count). The summed E-state index contributed by atoms with van der Waals surface area (Å²) in [5.41, 5.74) is 0.401. The lowest BCUT2D eigenvalue weighted by Gasteiger charge is -2.48. The van der Waals surface area contributed by atoms with Gasteiger partial charge < -0.3 is 10.0 Å². The van der Waals surface area contributed by atoms with E-state index < -0.39 is 0 Å². The highest BCUT2D eigenvalue weighted by molar-refractivity contribution is 4.93. The molecule has 3 atom stereocenters. The molecule has 2 heteroatoms. The van der Waals surface area contributed by atoms with Gasteiger partial charge in [-0.05, 0) is 56.4 Å². The summed E-state index contributed by atoms with van der Waals surface area (Å²) in [5, 5.41) is 10.1. The monoisotopic (exact) mass is 267 g/mol. The van der Waals surface area contributed by atoms with Crippen LogP contribution >= 0.6 is 0 Å². The summed E-state index contributed by atoms with van der Waals surface area (Å²) >= 11 is 0. The highest BCUT2D eigenvalue weighted by Crippen LogP contribution is 2.43. The van der Waals surface area contributed by atoms with Gasteiger partial charge in [0.25, 0.3) is 0 Å². The SMILES string of the molecule is CCC(C)(C)C1CCC(O)CC1N(C)CC1CCC1. The summed E-state index contributed by atoms with van der Waals surface area (Å²) in [4.78, 5) is 2.58. The minimum Gasteiger partial charge on any atom is -0.393 e. The molecule has 2 nitrogen and oxygen atoms in total. The maximum absolute atomic E-state index is 10.1. The van der Waals surface area contributed by atoms with Crippen molar-refractivity contribution in [1.82, 2.24) is 4.90 Å². The van der Waals surface area contributed by atoms with E-state index in [0.29, 0.717) is 11.5 Å². The molecular weight excluding hydrogens is 234 g/mol. The first kappa shape index (κ1) is 15.3. The van der Waals surface area contributed by atoms with Crippen molar-refractivity contribution in [1.29, 1.82) is 0 Å². The van der Waals surface area contributed by atoms with Crippen molar-refractivity contribution in [3.05, 3.63) is 0 Å². The molecule has 1 N–H and O–H groups in total. The quantitative estimate of drug-likeness (QED) is 0.821. The molecule has 2 saturated carbocycles. The smallest absolute Gasteiger partial charge is 0.0555 e. The molecule has 0 spiro atoms. The van der Waals surface area contributed by atoms with Gasteiger partial charge in [0.05, 0.1) is 6.10 Å². The lowest BCUT2D eigenvalue weighted by molar-refractivity contribution is -0.0172. The van der Waals surface area contributed by atoms with Gasteiger partial charge in [-0.3, -0.25) is 0 Å². The second kappa shape index (κ2) is 6.13. The molecule has 0 aliphatic heterocycles. The van der Waals surface area contributed by atoms with E-state index in [1.807, 2.05) is 0 Å². The summed E-state index contributed by atoms with van der Waals surface area (Å²) in [6.45, 7) is 8.39. The average Bonchev–Trinajstić information content (AvgIpc) is 2.33. The minimum absolute atomic E-state index is 0.0715. The Morgan fingerprint density at radius 3 is 2.37 bits per heavy atom. The lowest BCUT2D eigenvalue weighted by Crippen LogP contribution is -2.50. The van der Waals surface area contributed by atoms with Crippen LogP contribution in [-0.2, 0) is 0 Å². The van der Waals surface area contributed by atoms with Gasteiger partial charge >= 0.3 is 0 Å². The molecule has 0 aromatic carbocycles. The molecule has 0 heterocycles. The van der Waals surface area contributed by atoms with Gasteiger partial charge in [0, 0.05) is 12.6 Å². The third-order valence-corrected chi connectivity index (χ3v) is 6.04. The summed E-state index contributed by atoms with van der Waals surface area (Å²) in [6, 6.07) is 0.583. The fourth-order valence-electron chi connectivity index (χ4n) is 4.00. The fourth-order valence-corrected chi connectivity index (χ4v) is 4.00. The van der Waals surface area contributed by atoms with Gasteiger partial charge in [-0.15, -0.1) is 0 Å². The Balaban J connectivity index is 2.02. The zero-order valence-electron chi connectivity index (χ0n) is 13.4. The third kappa shape index (κ3) is 3.52. The van der Waals surface area contributed by atoms with Crippen LogP contribution in [0.4, 0.5) is 0 Å². The van der Waals surface area contributed by atoms with Crippen molar-refractivity contribution in [2.45, 2.75) is 77.9 Å². The molecule has 0 aromatic rings. The highest BCUT2D eigenvalue weighted by Gasteiger charge is 2.40. The van der Waals surface area contributed by atoms with Gasteiger partial charge in [-0.25, -0.2) is 0 Å². The molecule has 0 aromatic heterocycles. The predicted molar refractivity (Wildman–Crippen MR) is 81.2 cm³/mol. The van der Waals surface area contributed by atoms with E-state index in [9.17, 15) is 5.11 Å². The molecular formula is C17H33NO. The van der Waals surface area contributed by atoms with Crippen LogP contribution in [0.2, 0.25) is 0 Å². The van der Waals surface area contributed by atoms with Gasteiger partial charge in [0.15, 0.2) is 0 Å². The molecule has 0 amide bonds. The van der Waals surface area contributed by atoms with E-state index >= 15 is 0 Å². The molecule has 112 valence electrons. The molecule has 2 aliphatic rings. The van der Waals surface area contributed by atoms with Crippen molar-refractivity contribution in [2.24, 2.45) is 17.3 Å². The van der Waals surface area contributed by atoms with E-state index in [0.717, 1.165) is 24.7 Å². The zero-order chi connectivity index (χ0) is 14.0. The van der Waals surface area contributed by atoms with Crippen LogP contribution in [0.15, 0.2) is 0 Å². The molecule has 0 radical (unpaired) electrons. The summed E-state index contributed by atoms with van der Waals surface area (Å²) < 4.78 is 0. The van der Waals surface area contributed by atoms with Crippen LogP contribution in [0.1, 0.15) is 65.7 Å². The Kier molecular flexibility index (Phi) is 4.94. The van der Waals surface area contributed by atoms with Gasteiger partial charge in [-0.2, -0.15) is 0 Å². The Hall–Kier alpha value is -0.0800. The maximum atomic E-state index is 10.1. The lowest BCUT2D eigenvalue weighted by atomic mass is 9.66. The van der Waals surface area contributed by atoms with E-state index in [2.05, 4.69) is 32.7 Å². The molecule has 19 heavy (non-hydrogen) atoms. The van der Waals surface area contributed by atoms with Crippen molar-refractivity contribution >= 4 is 0 Å². The van der Waals surface area contributed by atoms with Crippen LogP contribution < -0.4 is 0 Å². The number of hydrogen-bond donors (Lipinski definition) is 1. The normalized spacial score (nSPS) is 33.5. The second-order valence-corrected chi connectivity index (χ2v) is 7.72. The Labute approximate surface area is 119 Å². The molecule has 3 unspecified atom stereocenters. The fraction of sp³-hybridized carbons (Fsp3) is 1.00. The van der Waals surface area contributed by atoms with E-state index in [4.69, 9.17) is 0 Å². The van der Waals surface area contributed by atoms with E-state index in [1.54, 1.807) is 0 Å². The average molecular weight is 267 g/mol. The number of hydrogen-bond acceptors (Lipinski definition) is 2. The second-order valence-electron chi connectivity index (χ2n) is 7.72. The standard InChI is InChI=1S/C17H33NO/c1-5-17(2,3)15-10-9-14(19)11-16(15)18(4)12-13-7-6-8-13/h13-16,19H,5-12H2,1-4H3. The molecule has 0 saturated heterocycles. The number of aliphatic hydroxyl groups is 1. The highest BCUT2D eigenvalue weighted by atomic mass is 16.3. The first-order valence-electron chi connectivity index (χ1n) is 8.32. The maximum Gasteiger partial charge on any atom is 0.0555 e. The van der Waals surface area contributed by atoms with Crippen molar-refractivity contribution in [2.75, 3.05) is 13.6 Å². The number of aliphatic hydroxyl groups excluding tert-OH is 1. The van der Waals surface area contributed by atoms with Crippen LogP contribution in [-0.4, -0.2) is 35.7 Å². The van der Waals surface area contributed by atoms with E-state index in [1.165, 1.54) is 38.6 Å². The summed E-state index contributed by atoms with van der Waals surface area (Å²) in [6.07, 6.45) is 8.61. The number of rotatable bonds is 5. The molecule has 2 fully saturated rings. The van der Waals surface area contributed by atoms with Crippen LogP contribution in [0.3, 0.4) is 0 Å². The van der Waals surface area contributed by atoms with Gasteiger partial charge in [0.1, 0.15) is 0 Å². The first-order valence-corrected chi connectivity index (χ1v) is 8.32. The van der Waals surface area contributed by atoms with Crippen LogP contribution in [0, 0.1) is 17.3 Å². The van der Waals surface area contributed by atoms with Crippen LogP contribution in [0.25, 0.3) is 0 Å². The summed E-state index contributed by atoms with van der Waals surface area (Å²) in [5.74, 6) is 1.67. The van der Waals surface area contributed by atoms with Crippen molar-refractivity contribution in [3.63, 3.8) is 0 Å². The van der Waals surface area contributed by atoms with Gasteiger partial charge in [-0.1, -0.05) is 33.6 Å². The zero-order valence-corrected chi connectivity index (χ0v) is 13.4. The Bertz CT molecular complexity index is 285. The third-order valence-electron chi connectivity index (χ3n) is 6.04.